The first-order chi connectivity index (χ1) is 12.9. The molecule has 1 aliphatic rings. The normalized spacial score (nSPS) is 14.8. The van der Waals surface area contributed by atoms with Crippen LogP contribution >= 0.6 is 0 Å². The fraction of sp³-hybridized carbons (Fsp3) is 0.350. The summed E-state index contributed by atoms with van der Waals surface area (Å²) in [6.07, 6.45) is 2.92. The molecule has 0 aliphatic carbocycles. The summed E-state index contributed by atoms with van der Waals surface area (Å²) >= 11 is 0. The first-order valence-corrected chi connectivity index (χ1v) is 10.4. The van der Waals surface area contributed by atoms with Crippen LogP contribution in [0.2, 0.25) is 0 Å². The van der Waals surface area contributed by atoms with E-state index in [2.05, 4.69) is 0 Å². The SMILES string of the molecule is Cc1ccc(S(=O)(=O)N(CC(=O)N2CCCCC2)c2ccc(F)cc2)cc1. The van der Waals surface area contributed by atoms with Crippen molar-refractivity contribution in [1.29, 1.82) is 0 Å². The quantitative estimate of drug-likeness (QED) is 0.787. The molecule has 0 N–H and O–H groups in total. The number of amides is 1. The minimum absolute atomic E-state index is 0.101. The predicted octanol–water partition coefficient (Wildman–Crippen LogP) is 3.34. The molecule has 27 heavy (non-hydrogen) atoms. The van der Waals surface area contributed by atoms with Gasteiger partial charge < -0.3 is 4.90 Å². The van der Waals surface area contributed by atoms with Crippen molar-refractivity contribution in [2.45, 2.75) is 31.1 Å². The smallest absolute Gasteiger partial charge is 0.264 e. The number of aryl methyl sites for hydroxylation is 1. The number of hydrogen-bond donors (Lipinski definition) is 0. The Kier molecular flexibility index (Phi) is 5.79. The molecule has 7 heteroatoms. The number of halogens is 1. The van der Waals surface area contributed by atoms with Gasteiger partial charge >= 0.3 is 0 Å². The van der Waals surface area contributed by atoms with Crippen LogP contribution in [0.15, 0.2) is 53.4 Å². The number of rotatable bonds is 5. The largest absolute Gasteiger partial charge is 0.341 e. The summed E-state index contributed by atoms with van der Waals surface area (Å²) in [5, 5.41) is 0. The molecule has 0 saturated carbocycles. The molecule has 144 valence electrons. The lowest BCUT2D eigenvalue weighted by atomic mass is 10.1. The molecule has 0 unspecified atom stereocenters. The van der Waals surface area contributed by atoms with Gasteiger partial charge in [0.25, 0.3) is 10.0 Å². The highest BCUT2D eigenvalue weighted by Gasteiger charge is 2.29. The molecule has 3 rings (SSSR count). The van der Waals surface area contributed by atoms with Crippen molar-refractivity contribution in [3.8, 4) is 0 Å². The van der Waals surface area contributed by atoms with E-state index in [4.69, 9.17) is 0 Å². The van der Waals surface area contributed by atoms with Gasteiger partial charge in [0.05, 0.1) is 10.6 Å². The lowest BCUT2D eigenvalue weighted by Crippen LogP contribution is -2.44. The Morgan fingerprint density at radius 3 is 2.19 bits per heavy atom. The van der Waals surface area contributed by atoms with E-state index in [-0.39, 0.29) is 23.0 Å². The Hall–Kier alpha value is -2.41. The summed E-state index contributed by atoms with van der Waals surface area (Å²) in [6, 6.07) is 11.6. The van der Waals surface area contributed by atoms with Crippen molar-refractivity contribution in [2.24, 2.45) is 0 Å². The summed E-state index contributed by atoms with van der Waals surface area (Å²) in [4.78, 5) is 14.5. The molecule has 1 saturated heterocycles. The summed E-state index contributed by atoms with van der Waals surface area (Å²) in [5.41, 5.74) is 1.20. The van der Waals surface area contributed by atoms with E-state index in [9.17, 15) is 17.6 Å². The van der Waals surface area contributed by atoms with Crippen molar-refractivity contribution < 1.29 is 17.6 Å². The van der Waals surface area contributed by atoms with Gasteiger partial charge in [-0.15, -0.1) is 0 Å². The Balaban J connectivity index is 1.95. The van der Waals surface area contributed by atoms with Gasteiger partial charge in [0.1, 0.15) is 12.4 Å². The molecule has 0 atom stereocenters. The lowest BCUT2D eigenvalue weighted by molar-refractivity contribution is -0.130. The van der Waals surface area contributed by atoms with Crippen LogP contribution in [0.3, 0.4) is 0 Å². The van der Waals surface area contributed by atoms with Crippen molar-refractivity contribution in [3.05, 3.63) is 59.9 Å². The zero-order valence-electron chi connectivity index (χ0n) is 15.3. The van der Waals surface area contributed by atoms with Gasteiger partial charge in [-0.1, -0.05) is 17.7 Å². The molecule has 2 aromatic rings. The molecule has 1 heterocycles. The summed E-state index contributed by atoms with van der Waals surface area (Å²) < 4.78 is 40.8. The Labute approximate surface area is 159 Å². The molecule has 1 amide bonds. The minimum atomic E-state index is -3.95. The maximum Gasteiger partial charge on any atom is 0.264 e. The molecular formula is C20H23FN2O3S. The van der Waals surface area contributed by atoms with Crippen LogP contribution in [0.5, 0.6) is 0 Å². The maximum atomic E-state index is 13.3. The van der Waals surface area contributed by atoms with Crippen molar-refractivity contribution >= 4 is 21.6 Å². The number of benzene rings is 2. The highest BCUT2D eigenvalue weighted by atomic mass is 32.2. The van der Waals surface area contributed by atoms with E-state index in [1.54, 1.807) is 17.0 Å². The van der Waals surface area contributed by atoms with E-state index >= 15 is 0 Å². The van der Waals surface area contributed by atoms with Crippen LogP contribution in [0, 0.1) is 12.7 Å². The average molecular weight is 390 g/mol. The Morgan fingerprint density at radius 2 is 1.59 bits per heavy atom. The van der Waals surface area contributed by atoms with Gasteiger partial charge in [0, 0.05) is 13.1 Å². The minimum Gasteiger partial charge on any atom is -0.341 e. The number of nitrogens with zero attached hydrogens (tertiary/aromatic N) is 2. The summed E-state index contributed by atoms with van der Waals surface area (Å²) in [6.45, 7) is 2.84. The van der Waals surface area contributed by atoms with Gasteiger partial charge in [-0.3, -0.25) is 9.10 Å². The molecular weight excluding hydrogens is 367 g/mol. The third kappa shape index (κ3) is 4.47. The molecule has 0 aromatic heterocycles. The number of hydrogen-bond acceptors (Lipinski definition) is 3. The Morgan fingerprint density at radius 1 is 1.00 bits per heavy atom. The second-order valence-corrected chi connectivity index (χ2v) is 8.60. The number of sulfonamides is 1. The number of carbonyl (C=O) groups is 1. The third-order valence-electron chi connectivity index (χ3n) is 4.71. The van der Waals surface area contributed by atoms with Crippen LogP contribution in [-0.4, -0.2) is 38.9 Å². The van der Waals surface area contributed by atoms with Gasteiger partial charge in [0.15, 0.2) is 0 Å². The number of anilines is 1. The van der Waals surface area contributed by atoms with Crippen LogP contribution in [0.4, 0.5) is 10.1 Å². The number of likely N-dealkylation sites (tertiary alicyclic amines) is 1. The third-order valence-corrected chi connectivity index (χ3v) is 6.50. The van der Waals surface area contributed by atoms with Crippen molar-refractivity contribution in [1.82, 2.24) is 4.90 Å². The average Bonchev–Trinajstić information content (AvgIpc) is 2.68. The van der Waals surface area contributed by atoms with E-state index in [1.165, 1.54) is 36.4 Å². The number of carbonyl (C=O) groups excluding carboxylic acids is 1. The first-order valence-electron chi connectivity index (χ1n) is 9.01. The lowest BCUT2D eigenvalue weighted by Gasteiger charge is -2.30. The first kappa shape index (κ1) is 19.4. The predicted molar refractivity (Wildman–Crippen MR) is 103 cm³/mol. The number of piperidine rings is 1. The second-order valence-electron chi connectivity index (χ2n) is 6.74. The topological polar surface area (TPSA) is 57.7 Å². The maximum absolute atomic E-state index is 13.3. The highest BCUT2D eigenvalue weighted by Crippen LogP contribution is 2.25. The highest BCUT2D eigenvalue weighted by molar-refractivity contribution is 7.92. The monoisotopic (exact) mass is 390 g/mol. The molecule has 0 bridgehead atoms. The molecule has 1 fully saturated rings. The van der Waals surface area contributed by atoms with Crippen LogP contribution < -0.4 is 4.31 Å². The Bertz CT molecular complexity index is 890. The van der Waals surface area contributed by atoms with E-state index in [1.807, 2.05) is 6.92 Å². The van der Waals surface area contributed by atoms with Crippen molar-refractivity contribution in [3.63, 3.8) is 0 Å². The van der Waals surface area contributed by atoms with Gasteiger partial charge in [-0.05, 0) is 62.6 Å². The molecule has 0 radical (unpaired) electrons. The van der Waals surface area contributed by atoms with Crippen LogP contribution in [-0.2, 0) is 14.8 Å². The molecule has 5 nitrogen and oxygen atoms in total. The van der Waals surface area contributed by atoms with E-state index in [0.29, 0.717) is 13.1 Å². The van der Waals surface area contributed by atoms with Gasteiger partial charge in [-0.25, -0.2) is 12.8 Å². The summed E-state index contributed by atoms with van der Waals surface area (Å²) in [5.74, 6) is -0.705. The van der Waals surface area contributed by atoms with Crippen LogP contribution in [0.25, 0.3) is 0 Å². The standard InChI is InChI=1S/C20H23FN2O3S/c1-16-5-11-19(12-6-16)27(25,26)23(18-9-7-17(21)8-10-18)15-20(24)22-13-3-2-4-14-22/h5-12H,2-4,13-15H2,1H3. The van der Waals surface area contributed by atoms with Crippen molar-refractivity contribution in [2.75, 3.05) is 23.9 Å². The van der Waals surface area contributed by atoms with E-state index < -0.39 is 15.8 Å². The van der Waals surface area contributed by atoms with Gasteiger partial charge in [-0.2, -0.15) is 0 Å². The molecule has 1 aliphatic heterocycles. The zero-order chi connectivity index (χ0) is 19.4. The fourth-order valence-corrected chi connectivity index (χ4v) is 4.54. The second kappa shape index (κ2) is 8.08. The molecule has 0 spiro atoms. The van der Waals surface area contributed by atoms with Crippen LogP contribution in [0.1, 0.15) is 24.8 Å². The zero-order valence-corrected chi connectivity index (χ0v) is 16.1. The molecule has 2 aromatic carbocycles. The summed E-state index contributed by atoms with van der Waals surface area (Å²) in [7, 11) is -3.95. The fourth-order valence-electron chi connectivity index (χ4n) is 3.13. The van der Waals surface area contributed by atoms with E-state index in [0.717, 1.165) is 29.1 Å². The van der Waals surface area contributed by atoms with Gasteiger partial charge in [0.2, 0.25) is 5.91 Å².